The second-order valence-corrected chi connectivity index (χ2v) is 4.28. The van der Waals surface area contributed by atoms with Gasteiger partial charge < -0.3 is 10.7 Å². The summed E-state index contributed by atoms with van der Waals surface area (Å²) in [6.45, 7) is 0.244. The molecule has 4 heteroatoms. The maximum atomic E-state index is 11.4. The van der Waals surface area contributed by atoms with E-state index in [0.717, 1.165) is 15.6 Å². The summed E-state index contributed by atoms with van der Waals surface area (Å²) in [4.78, 5) is 14.1. The fourth-order valence-corrected chi connectivity index (χ4v) is 2.05. The topological polar surface area (TPSA) is 58.9 Å². The van der Waals surface area contributed by atoms with E-state index in [9.17, 15) is 4.79 Å². The first-order valence-electron chi connectivity index (χ1n) is 4.89. The largest absolute Gasteiger partial charge is 0.328 e. The molecule has 0 bridgehead atoms. The predicted octanol–water partition coefficient (Wildman–Crippen LogP) is 2.26. The lowest BCUT2D eigenvalue weighted by Crippen LogP contribution is -2.15. The van der Waals surface area contributed by atoms with Crippen molar-refractivity contribution >= 4 is 15.9 Å². The van der Waals surface area contributed by atoms with Crippen LogP contribution in [-0.4, -0.2) is 4.98 Å². The Morgan fingerprint density at radius 3 is 2.75 bits per heavy atom. The van der Waals surface area contributed by atoms with Crippen LogP contribution in [0.25, 0.3) is 11.1 Å². The predicted molar refractivity (Wildman–Crippen MR) is 68.1 cm³/mol. The number of pyridine rings is 1. The first kappa shape index (κ1) is 11.1. The van der Waals surface area contributed by atoms with Crippen LogP contribution in [0.1, 0.15) is 5.56 Å². The lowest BCUT2D eigenvalue weighted by Gasteiger charge is -2.05. The first-order chi connectivity index (χ1) is 7.72. The van der Waals surface area contributed by atoms with Crippen molar-refractivity contribution in [2.75, 3.05) is 0 Å². The van der Waals surface area contributed by atoms with Crippen LogP contribution < -0.4 is 11.3 Å². The lowest BCUT2D eigenvalue weighted by molar-refractivity contribution is 1.02. The summed E-state index contributed by atoms with van der Waals surface area (Å²) in [5.41, 5.74) is 7.96. The molecule has 3 nitrogen and oxygen atoms in total. The van der Waals surface area contributed by atoms with Gasteiger partial charge in [-0.1, -0.05) is 34.1 Å². The molecule has 16 heavy (non-hydrogen) atoms. The van der Waals surface area contributed by atoms with Crippen LogP contribution in [0.3, 0.4) is 0 Å². The number of hydrogen-bond acceptors (Lipinski definition) is 2. The van der Waals surface area contributed by atoms with E-state index in [-0.39, 0.29) is 12.1 Å². The van der Waals surface area contributed by atoms with Crippen molar-refractivity contribution in [2.24, 2.45) is 5.73 Å². The normalized spacial score (nSPS) is 10.4. The standard InChI is InChI=1S/C12H11BrN2O/c13-11-4-2-1-3-10(11)9-5-8(6-14)12(16)15-7-9/h1-5,7H,6,14H2,(H,15,16). The van der Waals surface area contributed by atoms with Crippen molar-refractivity contribution in [1.82, 2.24) is 4.98 Å². The summed E-state index contributed by atoms with van der Waals surface area (Å²) in [6.07, 6.45) is 1.70. The number of halogens is 1. The van der Waals surface area contributed by atoms with Gasteiger partial charge in [0.15, 0.2) is 0 Å². The Bertz CT molecular complexity index is 563. The van der Waals surface area contributed by atoms with Crippen molar-refractivity contribution in [1.29, 1.82) is 0 Å². The summed E-state index contributed by atoms with van der Waals surface area (Å²) < 4.78 is 0.991. The van der Waals surface area contributed by atoms with E-state index in [4.69, 9.17) is 5.73 Å². The molecule has 1 heterocycles. The molecule has 0 saturated carbocycles. The summed E-state index contributed by atoms with van der Waals surface area (Å²) in [5, 5.41) is 0. The summed E-state index contributed by atoms with van der Waals surface area (Å²) in [6, 6.07) is 9.66. The van der Waals surface area contributed by atoms with E-state index in [1.807, 2.05) is 30.3 Å². The molecule has 0 aliphatic carbocycles. The van der Waals surface area contributed by atoms with Crippen molar-refractivity contribution in [3.05, 3.63) is 56.9 Å². The Kier molecular flexibility index (Phi) is 3.22. The highest BCUT2D eigenvalue weighted by Crippen LogP contribution is 2.26. The quantitative estimate of drug-likeness (QED) is 0.885. The van der Waals surface area contributed by atoms with Gasteiger partial charge in [0, 0.05) is 22.8 Å². The monoisotopic (exact) mass is 278 g/mol. The van der Waals surface area contributed by atoms with E-state index in [1.165, 1.54) is 0 Å². The minimum absolute atomic E-state index is 0.127. The fraction of sp³-hybridized carbons (Fsp3) is 0.0833. The molecule has 0 spiro atoms. The molecular weight excluding hydrogens is 268 g/mol. The number of nitrogens with one attached hydrogen (secondary N) is 1. The Morgan fingerprint density at radius 2 is 2.06 bits per heavy atom. The lowest BCUT2D eigenvalue weighted by atomic mass is 10.1. The van der Waals surface area contributed by atoms with Crippen LogP contribution in [0.4, 0.5) is 0 Å². The second-order valence-electron chi connectivity index (χ2n) is 3.43. The number of hydrogen-bond donors (Lipinski definition) is 2. The maximum Gasteiger partial charge on any atom is 0.252 e. The van der Waals surface area contributed by atoms with Crippen molar-refractivity contribution in [3.8, 4) is 11.1 Å². The molecule has 0 fully saturated rings. The van der Waals surface area contributed by atoms with Gasteiger partial charge >= 0.3 is 0 Å². The molecule has 0 aliphatic rings. The van der Waals surface area contributed by atoms with Crippen LogP contribution in [0.2, 0.25) is 0 Å². The Morgan fingerprint density at radius 1 is 1.31 bits per heavy atom. The number of benzene rings is 1. The fourth-order valence-electron chi connectivity index (χ4n) is 1.53. The molecule has 0 saturated heterocycles. The summed E-state index contributed by atoms with van der Waals surface area (Å²) in [5.74, 6) is 0. The van der Waals surface area contributed by atoms with E-state index in [1.54, 1.807) is 6.20 Å². The van der Waals surface area contributed by atoms with Crippen LogP contribution in [0.5, 0.6) is 0 Å². The number of aromatic nitrogens is 1. The van der Waals surface area contributed by atoms with E-state index >= 15 is 0 Å². The SMILES string of the molecule is NCc1cc(-c2ccccc2Br)c[nH]c1=O. The molecule has 2 aromatic rings. The zero-order chi connectivity index (χ0) is 11.5. The highest BCUT2D eigenvalue weighted by Gasteiger charge is 2.04. The summed E-state index contributed by atoms with van der Waals surface area (Å²) >= 11 is 3.47. The molecule has 1 aromatic carbocycles. The van der Waals surface area contributed by atoms with Crippen LogP contribution in [-0.2, 0) is 6.54 Å². The third-order valence-corrected chi connectivity index (χ3v) is 3.08. The number of H-pyrrole nitrogens is 1. The molecule has 3 N–H and O–H groups in total. The van der Waals surface area contributed by atoms with Gasteiger partial charge in [0.05, 0.1) is 0 Å². The number of rotatable bonds is 2. The number of nitrogens with two attached hydrogens (primary N) is 1. The van der Waals surface area contributed by atoms with Gasteiger partial charge in [-0.2, -0.15) is 0 Å². The molecule has 0 amide bonds. The smallest absolute Gasteiger partial charge is 0.252 e. The minimum atomic E-state index is -0.127. The minimum Gasteiger partial charge on any atom is -0.328 e. The van der Waals surface area contributed by atoms with Crippen LogP contribution in [0.15, 0.2) is 45.8 Å². The molecule has 2 rings (SSSR count). The molecule has 0 aliphatic heterocycles. The Hall–Kier alpha value is -1.39. The number of aromatic amines is 1. The average Bonchev–Trinajstić information content (AvgIpc) is 2.31. The third kappa shape index (κ3) is 2.08. The van der Waals surface area contributed by atoms with Gasteiger partial charge in [-0.15, -0.1) is 0 Å². The van der Waals surface area contributed by atoms with Crippen molar-refractivity contribution in [3.63, 3.8) is 0 Å². The molecule has 82 valence electrons. The molecule has 1 aromatic heterocycles. The van der Waals surface area contributed by atoms with Gasteiger partial charge in [-0.3, -0.25) is 4.79 Å². The van der Waals surface area contributed by atoms with Gasteiger partial charge in [0.25, 0.3) is 5.56 Å². The highest BCUT2D eigenvalue weighted by atomic mass is 79.9. The average molecular weight is 279 g/mol. The molecule has 0 atom stereocenters. The van der Waals surface area contributed by atoms with Crippen molar-refractivity contribution in [2.45, 2.75) is 6.54 Å². The Balaban J connectivity index is 2.57. The Labute approximate surface area is 101 Å². The molecule has 0 unspecified atom stereocenters. The first-order valence-corrected chi connectivity index (χ1v) is 5.68. The van der Waals surface area contributed by atoms with Gasteiger partial charge in [-0.25, -0.2) is 0 Å². The van der Waals surface area contributed by atoms with E-state index in [0.29, 0.717) is 5.56 Å². The third-order valence-electron chi connectivity index (χ3n) is 2.38. The maximum absolute atomic E-state index is 11.4. The van der Waals surface area contributed by atoms with Crippen LogP contribution >= 0.6 is 15.9 Å². The van der Waals surface area contributed by atoms with E-state index in [2.05, 4.69) is 20.9 Å². The van der Waals surface area contributed by atoms with E-state index < -0.39 is 0 Å². The second kappa shape index (κ2) is 4.63. The van der Waals surface area contributed by atoms with Gasteiger partial charge in [0.1, 0.15) is 0 Å². The van der Waals surface area contributed by atoms with Crippen molar-refractivity contribution < 1.29 is 0 Å². The zero-order valence-electron chi connectivity index (χ0n) is 8.53. The molecular formula is C12H11BrN2O. The zero-order valence-corrected chi connectivity index (χ0v) is 10.1. The summed E-state index contributed by atoms with van der Waals surface area (Å²) in [7, 11) is 0. The van der Waals surface area contributed by atoms with Gasteiger partial charge in [0.2, 0.25) is 0 Å². The van der Waals surface area contributed by atoms with Crippen LogP contribution in [0, 0.1) is 0 Å². The molecule has 0 radical (unpaired) electrons. The highest BCUT2D eigenvalue weighted by molar-refractivity contribution is 9.10. The van der Waals surface area contributed by atoms with Gasteiger partial charge in [-0.05, 0) is 23.3 Å².